The number of carbonyl (C=O) groups excluding carboxylic acids is 1. The Morgan fingerprint density at radius 2 is 1.70 bits per heavy atom. The monoisotopic (exact) mass is 460 g/mol. The molecule has 6 heteroatoms. The Hall–Kier alpha value is -3.25. The van der Waals surface area contributed by atoms with Gasteiger partial charge in [0.2, 0.25) is 5.76 Å². The molecule has 148 valence electrons. The van der Waals surface area contributed by atoms with E-state index < -0.39 is 6.04 Å². The largest absolute Gasteiger partial charge is 0.450 e. The summed E-state index contributed by atoms with van der Waals surface area (Å²) in [4.78, 5) is 33.0. The maximum Gasteiger partial charge on any atom is 0.296 e. The number of amides is 1. The van der Waals surface area contributed by atoms with Crippen LogP contribution in [0.5, 0.6) is 0 Å². The molecule has 0 N–H and O–H groups in total. The van der Waals surface area contributed by atoms with Crippen LogP contribution in [0.25, 0.3) is 11.0 Å². The van der Waals surface area contributed by atoms with Crippen molar-refractivity contribution in [3.05, 3.63) is 104 Å². The van der Waals surface area contributed by atoms with Gasteiger partial charge in [-0.05, 0) is 49.2 Å². The molecular formula is C24H17BrN2O3. The van der Waals surface area contributed by atoms with Crippen molar-refractivity contribution in [1.29, 1.82) is 0 Å². The molecule has 2 aromatic carbocycles. The van der Waals surface area contributed by atoms with Gasteiger partial charge in [0.1, 0.15) is 11.4 Å². The van der Waals surface area contributed by atoms with Crippen LogP contribution < -0.4 is 10.3 Å². The molecule has 1 aliphatic rings. The van der Waals surface area contributed by atoms with Gasteiger partial charge in [-0.15, -0.1) is 0 Å². The van der Waals surface area contributed by atoms with E-state index in [2.05, 4.69) is 20.9 Å². The highest BCUT2D eigenvalue weighted by atomic mass is 79.9. The molecule has 1 amide bonds. The number of pyridine rings is 1. The average Bonchev–Trinajstić information content (AvgIpc) is 3.03. The number of hydrogen-bond acceptors (Lipinski definition) is 4. The van der Waals surface area contributed by atoms with E-state index in [1.807, 2.05) is 44.2 Å². The van der Waals surface area contributed by atoms with Crippen LogP contribution in [0.1, 0.15) is 38.9 Å². The second-order valence-corrected chi connectivity index (χ2v) is 8.41. The minimum atomic E-state index is -0.608. The van der Waals surface area contributed by atoms with E-state index >= 15 is 0 Å². The van der Waals surface area contributed by atoms with Crippen molar-refractivity contribution in [1.82, 2.24) is 4.98 Å². The Labute approximate surface area is 181 Å². The Morgan fingerprint density at radius 3 is 2.40 bits per heavy atom. The zero-order valence-corrected chi connectivity index (χ0v) is 17.9. The van der Waals surface area contributed by atoms with E-state index in [4.69, 9.17) is 4.42 Å². The third-order valence-corrected chi connectivity index (χ3v) is 5.86. The van der Waals surface area contributed by atoms with E-state index in [0.29, 0.717) is 22.4 Å². The molecule has 0 fully saturated rings. The van der Waals surface area contributed by atoms with Crippen molar-refractivity contribution in [2.45, 2.75) is 19.9 Å². The molecule has 1 unspecified atom stereocenters. The molecule has 5 nitrogen and oxygen atoms in total. The lowest BCUT2D eigenvalue weighted by molar-refractivity contribution is 0.0970. The minimum Gasteiger partial charge on any atom is -0.450 e. The summed E-state index contributed by atoms with van der Waals surface area (Å²) < 4.78 is 6.74. The predicted molar refractivity (Wildman–Crippen MR) is 119 cm³/mol. The van der Waals surface area contributed by atoms with Crippen LogP contribution in [-0.4, -0.2) is 10.9 Å². The molecule has 0 spiro atoms. The van der Waals surface area contributed by atoms with Gasteiger partial charge in [0.05, 0.1) is 17.0 Å². The van der Waals surface area contributed by atoms with Crippen LogP contribution in [0.2, 0.25) is 0 Å². The molecule has 30 heavy (non-hydrogen) atoms. The number of hydrogen-bond donors (Lipinski definition) is 0. The molecule has 3 heterocycles. The molecular weight excluding hydrogens is 444 g/mol. The highest BCUT2D eigenvalue weighted by Crippen LogP contribution is 2.40. The number of carbonyl (C=O) groups is 1. The van der Waals surface area contributed by atoms with Crippen molar-refractivity contribution in [2.24, 2.45) is 0 Å². The molecule has 4 aromatic rings. The van der Waals surface area contributed by atoms with Crippen LogP contribution in [0, 0.1) is 13.8 Å². The fraction of sp³-hybridized carbons (Fsp3) is 0.125. The van der Waals surface area contributed by atoms with Crippen molar-refractivity contribution in [2.75, 3.05) is 4.90 Å². The number of benzene rings is 2. The lowest BCUT2D eigenvalue weighted by Gasteiger charge is -2.24. The molecule has 0 saturated carbocycles. The smallest absolute Gasteiger partial charge is 0.296 e. The predicted octanol–water partition coefficient (Wildman–Crippen LogP) is 5.32. The highest BCUT2D eigenvalue weighted by molar-refractivity contribution is 9.10. The van der Waals surface area contributed by atoms with Crippen molar-refractivity contribution in [3.63, 3.8) is 0 Å². The van der Waals surface area contributed by atoms with Gasteiger partial charge in [-0.3, -0.25) is 14.5 Å². The summed E-state index contributed by atoms with van der Waals surface area (Å²) in [7, 11) is 0. The number of rotatable bonds is 2. The first-order valence-electron chi connectivity index (χ1n) is 9.53. The first-order valence-corrected chi connectivity index (χ1v) is 10.3. The maximum absolute atomic E-state index is 13.5. The van der Waals surface area contributed by atoms with Crippen LogP contribution >= 0.6 is 15.9 Å². The Morgan fingerprint density at radius 1 is 0.967 bits per heavy atom. The lowest BCUT2D eigenvalue weighted by atomic mass is 9.97. The number of aryl methyl sites for hydroxylation is 2. The maximum atomic E-state index is 13.5. The topological polar surface area (TPSA) is 63.4 Å². The number of anilines is 1. The molecule has 1 aliphatic heterocycles. The molecule has 5 rings (SSSR count). The number of fused-ring (bicyclic) bond motifs is 2. The van der Waals surface area contributed by atoms with Gasteiger partial charge in [0.15, 0.2) is 5.43 Å². The van der Waals surface area contributed by atoms with Gasteiger partial charge >= 0.3 is 0 Å². The van der Waals surface area contributed by atoms with Crippen LogP contribution in [0.3, 0.4) is 0 Å². The third-order valence-electron chi connectivity index (χ3n) is 5.37. The van der Waals surface area contributed by atoms with Crippen LogP contribution in [-0.2, 0) is 0 Å². The van der Waals surface area contributed by atoms with E-state index in [-0.39, 0.29) is 17.1 Å². The summed E-state index contributed by atoms with van der Waals surface area (Å²) in [6, 6.07) is 16.1. The lowest BCUT2D eigenvalue weighted by Crippen LogP contribution is -2.30. The third kappa shape index (κ3) is 2.87. The molecule has 0 radical (unpaired) electrons. The van der Waals surface area contributed by atoms with Gasteiger partial charge in [-0.2, -0.15) is 0 Å². The molecule has 2 aromatic heterocycles. The number of aromatic nitrogens is 1. The van der Waals surface area contributed by atoms with Gasteiger partial charge in [0, 0.05) is 10.7 Å². The average molecular weight is 461 g/mol. The standard InChI is InChI=1S/C24H17BrN2O3/c1-13-3-6-15(7-4-13)21-20-22(28)17-11-16(25)8-9-18(17)30-23(20)24(29)27(21)19-10-5-14(2)12-26-19/h3-12,21H,1-2H3. The summed E-state index contributed by atoms with van der Waals surface area (Å²) in [5.74, 6) is 0.184. The Balaban J connectivity index is 1.81. The van der Waals surface area contributed by atoms with E-state index in [1.165, 1.54) is 0 Å². The summed E-state index contributed by atoms with van der Waals surface area (Å²) in [5.41, 5.74) is 3.43. The van der Waals surface area contributed by atoms with E-state index in [1.54, 1.807) is 35.4 Å². The summed E-state index contributed by atoms with van der Waals surface area (Å²) in [5, 5.41) is 0.437. The summed E-state index contributed by atoms with van der Waals surface area (Å²) in [6.07, 6.45) is 1.71. The Bertz CT molecular complexity index is 1360. The van der Waals surface area contributed by atoms with Crippen molar-refractivity contribution >= 4 is 38.6 Å². The molecule has 0 saturated heterocycles. The SMILES string of the molecule is Cc1ccc(C2c3c(oc4ccc(Br)cc4c3=O)C(=O)N2c2ccc(C)cn2)cc1. The van der Waals surface area contributed by atoms with Crippen molar-refractivity contribution < 1.29 is 9.21 Å². The number of halogens is 1. The van der Waals surface area contributed by atoms with E-state index in [0.717, 1.165) is 21.2 Å². The zero-order valence-electron chi connectivity index (χ0n) is 16.3. The second-order valence-electron chi connectivity index (χ2n) is 7.50. The molecule has 1 atom stereocenters. The van der Waals surface area contributed by atoms with Gasteiger partial charge in [-0.25, -0.2) is 4.98 Å². The van der Waals surface area contributed by atoms with Gasteiger partial charge in [-0.1, -0.05) is 51.8 Å². The fourth-order valence-corrected chi connectivity index (χ4v) is 4.21. The van der Waals surface area contributed by atoms with E-state index in [9.17, 15) is 9.59 Å². The van der Waals surface area contributed by atoms with Crippen LogP contribution in [0.4, 0.5) is 5.82 Å². The van der Waals surface area contributed by atoms with Crippen LogP contribution in [0.15, 0.2) is 74.5 Å². The zero-order chi connectivity index (χ0) is 21.0. The minimum absolute atomic E-state index is 0.0720. The number of nitrogens with zero attached hydrogens (tertiary/aromatic N) is 2. The fourth-order valence-electron chi connectivity index (χ4n) is 3.85. The first-order chi connectivity index (χ1) is 14.4. The quantitative estimate of drug-likeness (QED) is 0.406. The first kappa shape index (κ1) is 18.8. The molecule has 0 bridgehead atoms. The molecule has 0 aliphatic carbocycles. The normalized spacial score (nSPS) is 15.6. The van der Waals surface area contributed by atoms with Gasteiger partial charge < -0.3 is 4.42 Å². The van der Waals surface area contributed by atoms with Crippen molar-refractivity contribution in [3.8, 4) is 0 Å². The van der Waals surface area contributed by atoms with Gasteiger partial charge in [0.25, 0.3) is 5.91 Å². The Kier molecular flexibility index (Phi) is 4.33. The summed E-state index contributed by atoms with van der Waals surface area (Å²) in [6.45, 7) is 3.93. The second kappa shape index (κ2) is 6.92. The summed E-state index contributed by atoms with van der Waals surface area (Å²) >= 11 is 3.41. The highest BCUT2D eigenvalue weighted by Gasteiger charge is 2.44.